The molecule has 0 bridgehead atoms. The number of carbonyl (C=O) groups is 2. The van der Waals surface area contributed by atoms with E-state index >= 15 is 0 Å². The molecule has 2 aromatic rings. The monoisotopic (exact) mass is 372 g/mol. The van der Waals surface area contributed by atoms with Gasteiger partial charge in [0.1, 0.15) is 11.5 Å². The fourth-order valence-electron chi connectivity index (χ4n) is 2.25. The van der Waals surface area contributed by atoms with Gasteiger partial charge in [0.25, 0.3) is 0 Å². The highest BCUT2D eigenvalue weighted by Crippen LogP contribution is 2.33. The van der Waals surface area contributed by atoms with E-state index in [1.165, 1.54) is 30.3 Å². The minimum atomic E-state index is -1.03. The van der Waals surface area contributed by atoms with Crippen LogP contribution < -0.4 is 9.47 Å². The fraction of sp³-hybridized carbons (Fsp3) is 0.200. The van der Waals surface area contributed by atoms with Crippen LogP contribution in [0.5, 0.6) is 11.5 Å². The molecule has 1 N–H and O–H groups in total. The van der Waals surface area contributed by atoms with Crippen LogP contribution in [-0.2, 0) is 0 Å². The van der Waals surface area contributed by atoms with E-state index < -0.39 is 5.97 Å². The molecular formula is C20H20O5S. The molecule has 136 valence electrons. The van der Waals surface area contributed by atoms with Gasteiger partial charge >= 0.3 is 5.97 Å². The molecule has 0 atom stereocenters. The van der Waals surface area contributed by atoms with Gasteiger partial charge in [-0.15, -0.1) is 12.6 Å². The first kappa shape index (κ1) is 19.6. The fourth-order valence-corrected chi connectivity index (χ4v) is 2.55. The lowest BCUT2D eigenvalue weighted by atomic mass is 10.1. The summed E-state index contributed by atoms with van der Waals surface area (Å²) in [7, 11) is 1.55. The first-order chi connectivity index (χ1) is 12.3. The summed E-state index contributed by atoms with van der Waals surface area (Å²) in [6, 6.07) is 9.26. The normalized spacial score (nSPS) is 11.0. The number of ketones is 1. The minimum absolute atomic E-state index is 0.0445. The second kappa shape index (κ2) is 8.58. The number of methoxy groups -OCH3 is 1. The highest BCUT2D eigenvalue weighted by atomic mass is 32.1. The third-order valence-corrected chi connectivity index (χ3v) is 3.85. The van der Waals surface area contributed by atoms with Crippen molar-refractivity contribution in [3.8, 4) is 11.5 Å². The summed E-state index contributed by atoms with van der Waals surface area (Å²) in [5.74, 6) is -0.111. The zero-order chi connectivity index (χ0) is 19.3. The van der Waals surface area contributed by atoms with Gasteiger partial charge in [-0.1, -0.05) is 12.1 Å². The average Bonchev–Trinajstić information content (AvgIpc) is 2.60. The van der Waals surface area contributed by atoms with Crippen LogP contribution in [0.25, 0.3) is 6.08 Å². The van der Waals surface area contributed by atoms with Crippen molar-refractivity contribution in [3.05, 3.63) is 59.2 Å². The largest absolute Gasteiger partial charge is 0.495 e. The third-order valence-electron chi connectivity index (χ3n) is 3.50. The Morgan fingerprint density at radius 1 is 1.08 bits per heavy atom. The number of ether oxygens (including phenoxy) is 2. The van der Waals surface area contributed by atoms with Crippen molar-refractivity contribution in [1.82, 2.24) is 0 Å². The van der Waals surface area contributed by atoms with Crippen molar-refractivity contribution in [2.24, 2.45) is 0 Å². The van der Waals surface area contributed by atoms with Gasteiger partial charge in [-0.3, -0.25) is 4.79 Å². The van der Waals surface area contributed by atoms with E-state index in [4.69, 9.17) is 14.6 Å². The van der Waals surface area contributed by atoms with Crippen LogP contribution >= 0.6 is 12.6 Å². The van der Waals surface area contributed by atoms with Crippen LogP contribution in [0.2, 0.25) is 0 Å². The molecule has 0 aromatic heterocycles. The molecule has 0 aliphatic rings. The van der Waals surface area contributed by atoms with Gasteiger partial charge in [-0.2, -0.15) is 0 Å². The molecule has 26 heavy (non-hydrogen) atoms. The number of benzene rings is 2. The highest BCUT2D eigenvalue weighted by Gasteiger charge is 2.11. The molecule has 0 fully saturated rings. The number of allylic oxidation sites excluding steroid dienone is 1. The number of hydrogen-bond donors (Lipinski definition) is 2. The summed E-state index contributed by atoms with van der Waals surface area (Å²) in [4.78, 5) is 23.8. The maximum absolute atomic E-state index is 12.3. The SMILES string of the molecule is COc1cc(OC(C)C)c(/C=C/C(=O)c2ccc(C(=O)O)cc2)cc1S. The molecule has 0 spiro atoms. The molecule has 2 rings (SSSR count). The maximum atomic E-state index is 12.3. The molecule has 0 heterocycles. The van der Waals surface area contributed by atoms with Gasteiger partial charge in [-0.25, -0.2) is 4.79 Å². The van der Waals surface area contributed by atoms with Crippen molar-refractivity contribution in [2.45, 2.75) is 24.8 Å². The lowest BCUT2D eigenvalue weighted by molar-refractivity contribution is 0.0696. The average molecular weight is 372 g/mol. The Morgan fingerprint density at radius 2 is 1.69 bits per heavy atom. The van der Waals surface area contributed by atoms with Crippen molar-refractivity contribution < 1.29 is 24.2 Å². The van der Waals surface area contributed by atoms with Crippen molar-refractivity contribution in [1.29, 1.82) is 0 Å². The molecule has 0 saturated heterocycles. The predicted octanol–water partition coefficient (Wildman–Crippen LogP) is 4.37. The number of thiol groups is 1. The number of aromatic carboxylic acids is 1. The number of carbonyl (C=O) groups excluding carboxylic acids is 1. The van der Waals surface area contributed by atoms with Crippen LogP contribution in [0.4, 0.5) is 0 Å². The quantitative estimate of drug-likeness (QED) is 0.429. The summed E-state index contributed by atoms with van der Waals surface area (Å²) in [5, 5.41) is 8.91. The number of carboxylic acid groups (broad SMARTS) is 1. The summed E-state index contributed by atoms with van der Waals surface area (Å²) in [6.45, 7) is 3.81. The number of hydrogen-bond acceptors (Lipinski definition) is 5. The Balaban J connectivity index is 2.29. The van der Waals surface area contributed by atoms with E-state index in [9.17, 15) is 9.59 Å². The zero-order valence-electron chi connectivity index (χ0n) is 14.7. The first-order valence-electron chi connectivity index (χ1n) is 7.95. The van der Waals surface area contributed by atoms with Gasteiger partial charge in [0, 0.05) is 22.1 Å². The van der Waals surface area contributed by atoms with E-state index in [0.717, 1.165) is 0 Å². The maximum Gasteiger partial charge on any atom is 0.335 e. The lowest BCUT2D eigenvalue weighted by Gasteiger charge is -2.15. The molecule has 0 aliphatic carbocycles. The van der Waals surface area contributed by atoms with Crippen molar-refractivity contribution in [3.63, 3.8) is 0 Å². The van der Waals surface area contributed by atoms with Gasteiger partial charge in [0.2, 0.25) is 0 Å². The highest BCUT2D eigenvalue weighted by molar-refractivity contribution is 7.80. The van der Waals surface area contributed by atoms with Crippen molar-refractivity contribution in [2.75, 3.05) is 7.11 Å². The summed E-state index contributed by atoms with van der Waals surface area (Å²) in [5.41, 5.74) is 1.23. The Labute approximate surface area is 157 Å². The van der Waals surface area contributed by atoms with E-state index in [2.05, 4.69) is 12.6 Å². The standard InChI is InChI=1S/C20H20O5S/c1-12(2)25-17-11-18(24-3)19(26)10-15(17)8-9-16(21)13-4-6-14(7-5-13)20(22)23/h4-12,26H,1-3H3,(H,22,23)/b9-8+. The Hall–Kier alpha value is -2.73. The van der Waals surface area contributed by atoms with E-state index in [0.29, 0.717) is 27.5 Å². The zero-order valence-corrected chi connectivity index (χ0v) is 15.6. The Morgan fingerprint density at radius 3 is 2.23 bits per heavy atom. The van der Waals surface area contributed by atoms with Gasteiger partial charge in [0.15, 0.2) is 5.78 Å². The molecule has 2 aromatic carbocycles. The molecule has 6 heteroatoms. The van der Waals surface area contributed by atoms with Gasteiger partial charge in [0.05, 0.1) is 18.8 Å². The topological polar surface area (TPSA) is 72.8 Å². The predicted molar refractivity (Wildman–Crippen MR) is 103 cm³/mol. The summed E-state index contributed by atoms with van der Waals surface area (Å²) < 4.78 is 11.0. The number of carboxylic acids is 1. The smallest absolute Gasteiger partial charge is 0.335 e. The minimum Gasteiger partial charge on any atom is -0.495 e. The summed E-state index contributed by atoms with van der Waals surface area (Å²) >= 11 is 4.38. The van der Waals surface area contributed by atoms with Crippen LogP contribution in [0.3, 0.4) is 0 Å². The summed E-state index contributed by atoms with van der Waals surface area (Å²) in [6.07, 6.45) is 3.01. The van der Waals surface area contributed by atoms with Crippen LogP contribution in [0, 0.1) is 0 Å². The van der Waals surface area contributed by atoms with E-state index in [1.807, 2.05) is 13.8 Å². The van der Waals surface area contributed by atoms with Crippen LogP contribution in [0.1, 0.15) is 40.1 Å². The molecule has 0 amide bonds. The molecule has 0 unspecified atom stereocenters. The second-order valence-electron chi connectivity index (χ2n) is 5.81. The number of rotatable bonds is 7. The van der Waals surface area contributed by atoms with Crippen LogP contribution in [-0.4, -0.2) is 30.1 Å². The van der Waals surface area contributed by atoms with Crippen LogP contribution in [0.15, 0.2) is 47.4 Å². The molecule has 0 radical (unpaired) electrons. The van der Waals surface area contributed by atoms with E-state index in [1.54, 1.807) is 25.3 Å². The van der Waals surface area contributed by atoms with Crippen molar-refractivity contribution >= 4 is 30.5 Å². The van der Waals surface area contributed by atoms with Gasteiger partial charge < -0.3 is 14.6 Å². The Kier molecular flexibility index (Phi) is 6.46. The molecule has 5 nitrogen and oxygen atoms in total. The first-order valence-corrected chi connectivity index (χ1v) is 8.40. The molecular weight excluding hydrogens is 352 g/mol. The Bertz CT molecular complexity index is 838. The van der Waals surface area contributed by atoms with Gasteiger partial charge in [-0.05, 0) is 44.2 Å². The second-order valence-corrected chi connectivity index (χ2v) is 6.29. The molecule has 0 aliphatic heterocycles. The molecule has 0 saturated carbocycles. The lowest BCUT2D eigenvalue weighted by Crippen LogP contribution is -2.07. The third kappa shape index (κ3) is 4.89. The van der Waals surface area contributed by atoms with E-state index in [-0.39, 0.29) is 17.5 Å².